The second kappa shape index (κ2) is 10.1. The molecule has 3 N–H and O–H groups in total. The molecule has 0 aromatic heterocycles. The van der Waals surface area contributed by atoms with Crippen LogP contribution in [0.3, 0.4) is 0 Å². The van der Waals surface area contributed by atoms with Gasteiger partial charge in [0.05, 0.1) is 6.04 Å². The maximum absolute atomic E-state index is 12.6. The molecule has 2 amide bonds. The van der Waals surface area contributed by atoms with Crippen molar-refractivity contribution in [1.82, 2.24) is 10.6 Å². The van der Waals surface area contributed by atoms with Crippen LogP contribution in [0.25, 0.3) is 11.1 Å². The molecular formula is C27H30N2O6. The first-order valence-corrected chi connectivity index (χ1v) is 12.3. The Morgan fingerprint density at radius 3 is 2.14 bits per heavy atom. The number of aliphatic carboxylic acids is 1. The van der Waals surface area contributed by atoms with E-state index in [9.17, 15) is 19.5 Å². The molecule has 5 rings (SSSR count). The van der Waals surface area contributed by atoms with Crippen LogP contribution in [0.1, 0.15) is 49.1 Å². The van der Waals surface area contributed by atoms with Crippen LogP contribution in [0, 0.1) is 5.92 Å². The largest absolute Gasteiger partial charge is 0.479 e. The first-order valence-electron chi connectivity index (χ1n) is 12.3. The monoisotopic (exact) mass is 478 g/mol. The van der Waals surface area contributed by atoms with Crippen LogP contribution in [0.2, 0.25) is 0 Å². The van der Waals surface area contributed by atoms with Crippen molar-refractivity contribution in [3.8, 4) is 11.1 Å². The van der Waals surface area contributed by atoms with Gasteiger partial charge in [0.1, 0.15) is 6.61 Å². The van der Waals surface area contributed by atoms with E-state index in [1.54, 1.807) is 0 Å². The average molecular weight is 479 g/mol. The summed E-state index contributed by atoms with van der Waals surface area (Å²) in [7, 11) is 0. The summed E-state index contributed by atoms with van der Waals surface area (Å²) in [5.74, 6) is -1.36. The molecule has 184 valence electrons. The highest BCUT2D eigenvalue weighted by Crippen LogP contribution is 2.44. The van der Waals surface area contributed by atoms with Crippen LogP contribution in [0.15, 0.2) is 48.5 Å². The van der Waals surface area contributed by atoms with Crippen molar-refractivity contribution in [3.05, 3.63) is 59.7 Å². The van der Waals surface area contributed by atoms with Crippen molar-refractivity contribution in [2.75, 3.05) is 13.2 Å². The van der Waals surface area contributed by atoms with Crippen molar-refractivity contribution in [2.45, 2.75) is 56.2 Å². The highest BCUT2D eigenvalue weighted by Gasteiger charge is 2.37. The Bertz CT molecular complexity index is 1060. The maximum atomic E-state index is 12.6. The van der Waals surface area contributed by atoms with Gasteiger partial charge in [0.25, 0.3) is 0 Å². The number of hydrogen-bond acceptors (Lipinski definition) is 5. The molecule has 3 aliphatic rings. The Labute approximate surface area is 204 Å². The van der Waals surface area contributed by atoms with E-state index in [4.69, 9.17) is 9.47 Å². The van der Waals surface area contributed by atoms with E-state index in [1.165, 1.54) is 22.3 Å². The van der Waals surface area contributed by atoms with Gasteiger partial charge < -0.3 is 25.2 Å². The summed E-state index contributed by atoms with van der Waals surface area (Å²) in [5, 5.41) is 15.0. The summed E-state index contributed by atoms with van der Waals surface area (Å²) in [6, 6.07) is 15.9. The highest BCUT2D eigenvalue weighted by molar-refractivity contribution is 5.81. The molecule has 35 heavy (non-hydrogen) atoms. The summed E-state index contributed by atoms with van der Waals surface area (Å²) < 4.78 is 10.8. The SMILES string of the molecule is O=C(NC1CCC(C(=O)N[C@H]2CCO[C@H]2C(=O)O)CC1)OCC1c2ccccc2-c2ccccc21. The fraction of sp³-hybridized carbons (Fsp3) is 0.444. The van der Waals surface area contributed by atoms with E-state index in [1.807, 2.05) is 24.3 Å². The molecule has 1 saturated carbocycles. The number of amides is 2. The Balaban J connectivity index is 1.09. The molecule has 0 spiro atoms. The molecular weight excluding hydrogens is 448 g/mol. The van der Waals surface area contributed by atoms with Crippen LogP contribution < -0.4 is 10.6 Å². The van der Waals surface area contributed by atoms with Gasteiger partial charge >= 0.3 is 12.1 Å². The smallest absolute Gasteiger partial charge is 0.407 e. The molecule has 0 radical (unpaired) electrons. The lowest BCUT2D eigenvalue weighted by Crippen LogP contribution is -2.47. The van der Waals surface area contributed by atoms with Crippen LogP contribution in [0.4, 0.5) is 4.79 Å². The quantitative estimate of drug-likeness (QED) is 0.586. The highest BCUT2D eigenvalue weighted by atomic mass is 16.5. The lowest BCUT2D eigenvalue weighted by Gasteiger charge is -2.29. The van der Waals surface area contributed by atoms with E-state index in [2.05, 4.69) is 34.9 Å². The lowest BCUT2D eigenvalue weighted by atomic mass is 9.85. The minimum Gasteiger partial charge on any atom is -0.479 e. The molecule has 8 nitrogen and oxygen atoms in total. The second-order valence-electron chi connectivity index (χ2n) is 9.55. The van der Waals surface area contributed by atoms with Gasteiger partial charge in [-0.15, -0.1) is 0 Å². The van der Waals surface area contributed by atoms with Crippen LogP contribution in [0.5, 0.6) is 0 Å². The third kappa shape index (κ3) is 4.89. The first-order chi connectivity index (χ1) is 17.0. The third-order valence-corrected chi connectivity index (χ3v) is 7.43. The standard InChI is InChI=1S/C27H30N2O6/c30-25(29-23-13-14-34-24(23)26(31)32)16-9-11-17(12-10-16)28-27(33)35-15-22-20-7-3-1-5-18(20)19-6-2-4-8-21(19)22/h1-8,16-17,22-24H,9-15H2,(H,28,33)(H,29,30)(H,31,32)/t16?,17?,23-,24+/m0/s1. The van der Waals surface area contributed by atoms with Gasteiger partial charge in [0, 0.05) is 24.5 Å². The molecule has 8 heteroatoms. The number of benzene rings is 2. The molecule has 2 fully saturated rings. The van der Waals surface area contributed by atoms with Crippen molar-refractivity contribution >= 4 is 18.0 Å². The Hall–Kier alpha value is -3.39. The number of hydrogen-bond donors (Lipinski definition) is 3. The summed E-state index contributed by atoms with van der Waals surface area (Å²) in [6.07, 6.45) is 1.69. The summed E-state index contributed by atoms with van der Waals surface area (Å²) in [4.78, 5) is 36.4. The summed E-state index contributed by atoms with van der Waals surface area (Å²) in [5.41, 5.74) is 4.72. The van der Waals surface area contributed by atoms with Crippen LogP contribution in [-0.4, -0.2) is 54.5 Å². The number of rotatable bonds is 6. The van der Waals surface area contributed by atoms with E-state index in [0.29, 0.717) is 38.7 Å². The second-order valence-corrected chi connectivity index (χ2v) is 9.55. The Morgan fingerprint density at radius 1 is 0.886 bits per heavy atom. The van der Waals surface area contributed by atoms with E-state index >= 15 is 0 Å². The predicted octanol–water partition coefficient (Wildman–Crippen LogP) is 3.44. The topological polar surface area (TPSA) is 114 Å². The molecule has 1 aliphatic heterocycles. The van der Waals surface area contributed by atoms with Crippen molar-refractivity contribution in [3.63, 3.8) is 0 Å². The number of carboxylic acid groups (broad SMARTS) is 1. The molecule has 1 heterocycles. The Morgan fingerprint density at radius 2 is 1.51 bits per heavy atom. The first kappa shape index (κ1) is 23.4. The molecule has 0 unspecified atom stereocenters. The van der Waals surface area contributed by atoms with Gasteiger partial charge in [0.2, 0.25) is 5.91 Å². The average Bonchev–Trinajstić information content (AvgIpc) is 3.46. The molecule has 2 aromatic rings. The lowest BCUT2D eigenvalue weighted by molar-refractivity contribution is -0.148. The van der Waals surface area contributed by atoms with Gasteiger partial charge in [-0.05, 0) is 54.4 Å². The van der Waals surface area contributed by atoms with Crippen LogP contribution >= 0.6 is 0 Å². The number of carbonyl (C=O) groups excluding carboxylic acids is 2. The van der Waals surface area contributed by atoms with Gasteiger partial charge in [-0.1, -0.05) is 48.5 Å². The zero-order valence-corrected chi connectivity index (χ0v) is 19.4. The number of carbonyl (C=O) groups is 3. The number of alkyl carbamates (subject to hydrolysis) is 1. The minimum atomic E-state index is -1.05. The number of carboxylic acids is 1. The normalized spacial score (nSPS) is 25.4. The molecule has 2 atom stereocenters. The van der Waals surface area contributed by atoms with Crippen LogP contribution in [-0.2, 0) is 19.1 Å². The summed E-state index contributed by atoms with van der Waals surface area (Å²) >= 11 is 0. The molecule has 1 saturated heterocycles. The van der Waals surface area contributed by atoms with E-state index < -0.39 is 24.2 Å². The Kier molecular flexibility index (Phi) is 6.72. The van der Waals surface area contributed by atoms with E-state index in [0.717, 1.165) is 0 Å². The summed E-state index contributed by atoms with van der Waals surface area (Å²) in [6.45, 7) is 0.602. The van der Waals surface area contributed by atoms with Gasteiger partial charge in [-0.25, -0.2) is 9.59 Å². The molecule has 2 aliphatic carbocycles. The predicted molar refractivity (Wildman–Crippen MR) is 128 cm³/mol. The van der Waals surface area contributed by atoms with E-state index in [-0.39, 0.29) is 30.4 Å². The zero-order chi connectivity index (χ0) is 24.4. The number of nitrogens with one attached hydrogen (secondary N) is 2. The number of ether oxygens (including phenoxy) is 2. The van der Waals surface area contributed by atoms with Crippen molar-refractivity contribution in [1.29, 1.82) is 0 Å². The van der Waals surface area contributed by atoms with Crippen molar-refractivity contribution in [2.24, 2.45) is 5.92 Å². The molecule has 2 aromatic carbocycles. The molecule has 0 bridgehead atoms. The number of fused-ring (bicyclic) bond motifs is 3. The fourth-order valence-corrected chi connectivity index (χ4v) is 5.59. The zero-order valence-electron chi connectivity index (χ0n) is 19.4. The van der Waals surface area contributed by atoms with Gasteiger partial charge in [0.15, 0.2) is 6.10 Å². The minimum absolute atomic E-state index is 0.0155. The third-order valence-electron chi connectivity index (χ3n) is 7.43. The van der Waals surface area contributed by atoms with Crippen molar-refractivity contribution < 1.29 is 29.0 Å². The van der Waals surface area contributed by atoms with Gasteiger partial charge in [-0.2, -0.15) is 0 Å². The maximum Gasteiger partial charge on any atom is 0.407 e. The van der Waals surface area contributed by atoms with Gasteiger partial charge in [-0.3, -0.25) is 4.79 Å². The fourth-order valence-electron chi connectivity index (χ4n) is 5.59.